The molecule has 3 rings (SSSR count). The Hall–Kier alpha value is -2.10. The van der Waals surface area contributed by atoms with Gasteiger partial charge in [-0.15, -0.1) is 0 Å². The van der Waals surface area contributed by atoms with E-state index in [1.54, 1.807) is 0 Å². The third-order valence-corrected chi connectivity index (χ3v) is 5.91. The maximum Gasteiger partial charge on any atom is 0.336 e. The molecule has 0 atom stereocenters. The Morgan fingerprint density at radius 3 is 2.56 bits per heavy atom. The van der Waals surface area contributed by atoms with Gasteiger partial charge in [-0.25, -0.2) is 4.79 Å². The molecule has 27 heavy (non-hydrogen) atoms. The molecule has 0 unspecified atom stereocenters. The molecular weight excluding hydrogens is 338 g/mol. The third kappa shape index (κ3) is 4.10. The van der Waals surface area contributed by atoms with E-state index in [2.05, 4.69) is 18.3 Å². The molecule has 0 heterocycles. The number of unbranched alkanes of at least 4 members (excludes halogenated alkanes) is 1. The fourth-order valence-electron chi connectivity index (χ4n) is 4.62. The van der Waals surface area contributed by atoms with Crippen LogP contribution in [0.25, 0.3) is 5.70 Å². The van der Waals surface area contributed by atoms with Gasteiger partial charge in [-0.2, -0.15) is 0 Å². The predicted octanol–water partition coefficient (Wildman–Crippen LogP) is 4.77. The van der Waals surface area contributed by atoms with E-state index in [1.165, 1.54) is 12.0 Å². The summed E-state index contributed by atoms with van der Waals surface area (Å²) < 4.78 is 5.47. The van der Waals surface area contributed by atoms with Crippen LogP contribution in [0, 0.1) is 5.41 Å². The minimum absolute atomic E-state index is 0.0173. The molecule has 0 aromatic heterocycles. The Kier molecular flexibility index (Phi) is 6.35. The summed E-state index contributed by atoms with van der Waals surface area (Å²) in [5, 5.41) is 3.11. The summed E-state index contributed by atoms with van der Waals surface area (Å²) in [7, 11) is 0. The Morgan fingerprint density at radius 2 is 1.85 bits per heavy atom. The molecule has 4 nitrogen and oxygen atoms in total. The molecule has 146 valence electrons. The number of benzene rings is 1. The van der Waals surface area contributed by atoms with Gasteiger partial charge in [0.15, 0.2) is 0 Å². The van der Waals surface area contributed by atoms with Gasteiger partial charge >= 0.3 is 5.97 Å². The van der Waals surface area contributed by atoms with Gasteiger partial charge in [0.1, 0.15) is 0 Å². The molecule has 0 bridgehead atoms. The number of hydrogen-bond donors (Lipinski definition) is 1. The van der Waals surface area contributed by atoms with E-state index in [-0.39, 0.29) is 17.3 Å². The third-order valence-electron chi connectivity index (χ3n) is 5.91. The lowest BCUT2D eigenvalue weighted by Gasteiger charge is -2.43. The van der Waals surface area contributed by atoms with Gasteiger partial charge in [-0.1, -0.05) is 56.9 Å². The minimum atomic E-state index is -0.264. The lowest BCUT2D eigenvalue weighted by Crippen LogP contribution is -2.40. The van der Waals surface area contributed by atoms with E-state index in [9.17, 15) is 9.59 Å². The number of carbonyl (C=O) groups excluding carboxylic acids is 2. The van der Waals surface area contributed by atoms with Crippen LogP contribution in [-0.2, 0) is 20.7 Å². The van der Waals surface area contributed by atoms with Crippen molar-refractivity contribution in [2.75, 3.05) is 6.61 Å². The van der Waals surface area contributed by atoms with Gasteiger partial charge in [-0.05, 0) is 38.2 Å². The van der Waals surface area contributed by atoms with Crippen molar-refractivity contribution < 1.29 is 14.3 Å². The van der Waals surface area contributed by atoms with E-state index in [0.717, 1.165) is 50.5 Å². The average molecular weight is 370 g/mol. The Morgan fingerprint density at radius 1 is 1.11 bits per heavy atom. The zero-order valence-electron chi connectivity index (χ0n) is 16.6. The molecule has 1 saturated carbocycles. The van der Waals surface area contributed by atoms with Crippen LogP contribution in [-0.4, -0.2) is 18.5 Å². The van der Waals surface area contributed by atoms with Crippen LogP contribution in [0.5, 0.6) is 0 Å². The topological polar surface area (TPSA) is 55.4 Å². The number of amides is 1. The lowest BCUT2D eigenvalue weighted by molar-refractivity contribution is -0.140. The van der Waals surface area contributed by atoms with Crippen LogP contribution < -0.4 is 5.32 Å². The number of nitrogens with one attached hydrogen (secondary N) is 1. The summed E-state index contributed by atoms with van der Waals surface area (Å²) in [4.78, 5) is 25.6. The van der Waals surface area contributed by atoms with Crippen LogP contribution in [0.4, 0.5) is 0 Å². The highest BCUT2D eigenvalue weighted by Crippen LogP contribution is 2.51. The summed E-state index contributed by atoms with van der Waals surface area (Å²) in [6.07, 6.45) is 8.53. The molecule has 1 aromatic rings. The number of ether oxygens (including phenoxy) is 1. The van der Waals surface area contributed by atoms with E-state index in [0.29, 0.717) is 24.3 Å². The predicted molar refractivity (Wildman–Crippen MR) is 107 cm³/mol. The smallest absolute Gasteiger partial charge is 0.336 e. The molecule has 1 aromatic carbocycles. The highest BCUT2D eigenvalue weighted by molar-refractivity contribution is 6.03. The molecule has 0 aliphatic heterocycles. The fraction of sp³-hybridized carbons (Fsp3) is 0.565. The van der Waals surface area contributed by atoms with Crippen molar-refractivity contribution in [3.8, 4) is 0 Å². The molecule has 1 amide bonds. The molecule has 2 aliphatic rings. The first-order chi connectivity index (χ1) is 13.1. The first kappa shape index (κ1) is 19.7. The second kappa shape index (κ2) is 8.73. The van der Waals surface area contributed by atoms with Crippen molar-refractivity contribution in [1.29, 1.82) is 0 Å². The first-order valence-electron chi connectivity index (χ1n) is 10.4. The van der Waals surface area contributed by atoms with Gasteiger partial charge in [0, 0.05) is 17.4 Å². The molecule has 0 saturated heterocycles. The van der Waals surface area contributed by atoms with Crippen LogP contribution in [0.2, 0.25) is 0 Å². The van der Waals surface area contributed by atoms with E-state index >= 15 is 0 Å². The highest BCUT2D eigenvalue weighted by Gasteiger charge is 2.45. The molecule has 1 spiro atoms. The van der Waals surface area contributed by atoms with Crippen molar-refractivity contribution >= 4 is 17.6 Å². The molecule has 0 radical (unpaired) electrons. The van der Waals surface area contributed by atoms with Gasteiger partial charge in [0.05, 0.1) is 17.9 Å². The second-order valence-corrected chi connectivity index (χ2v) is 7.80. The number of hydrogen-bond acceptors (Lipinski definition) is 3. The summed E-state index contributed by atoms with van der Waals surface area (Å²) >= 11 is 0. The van der Waals surface area contributed by atoms with Crippen LogP contribution in [0.3, 0.4) is 0 Å². The van der Waals surface area contributed by atoms with Gasteiger partial charge in [0.2, 0.25) is 5.91 Å². The molecular formula is C23H31NO3. The quantitative estimate of drug-likeness (QED) is 0.735. The van der Waals surface area contributed by atoms with Gasteiger partial charge in [0.25, 0.3) is 0 Å². The SMILES string of the molecule is CCCCC(=O)NC1=C(C(=O)OCC)C2(CCCCC2)Cc2ccccc21. The molecule has 4 heteroatoms. The van der Waals surface area contributed by atoms with Crippen LogP contribution >= 0.6 is 0 Å². The first-order valence-corrected chi connectivity index (χ1v) is 10.4. The monoisotopic (exact) mass is 369 g/mol. The Balaban J connectivity index is 2.11. The van der Waals surface area contributed by atoms with Crippen molar-refractivity contribution in [2.45, 2.75) is 71.6 Å². The Labute approximate surface area is 162 Å². The fourth-order valence-corrected chi connectivity index (χ4v) is 4.62. The van der Waals surface area contributed by atoms with Crippen molar-refractivity contribution in [3.05, 3.63) is 41.0 Å². The number of esters is 1. The lowest BCUT2D eigenvalue weighted by atomic mass is 9.62. The summed E-state index contributed by atoms with van der Waals surface area (Å²) in [5.74, 6) is -0.281. The van der Waals surface area contributed by atoms with Gasteiger partial charge in [-0.3, -0.25) is 4.79 Å². The minimum Gasteiger partial charge on any atom is -0.463 e. The maximum absolute atomic E-state index is 13.1. The summed E-state index contributed by atoms with van der Waals surface area (Å²) in [6.45, 7) is 4.25. The zero-order valence-corrected chi connectivity index (χ0v) is 16.6. The van der Waals surface area contributed by atoms with Crippen LogP contribution in [0.15, 0.2) is 29.8 Å². The second-order valence-electron chi connectivity index (χ2n) is 7.80. The summed E-state index contributed by atoms with van der Waals surface area (Å²) in [5.41, 5.74) is 3.37. The molecule has 2 aliphatic carbocycles. The molecule has 1 fully saturated rings. The Bertz CT molecular complexity index is 729. The standard InChI is InChI=1S/C23H31NO3/c1-3-5-13-19(25)24-21-18-12-8-7-11-17(18)16-23(14-9-6-10-15-23)20(21)22(26)27-4-2/h7-8,11-12H,3-6,9-10,13-16H2,1-2H3,(H,24,25). The number of carbonyl (C=O) groups is 2. The van der Waals surface area contributed by atoms with E-state index in [4.69, 9.17) is 4.74 Å². The van der Waals surface area contributed by atoms with Gasteiger partial charge < -0.3 is 10.1 Å². The normalized spacial score (nSPS) is 18.1. The van der Waals surface area contributed by atoms with Crippen molar-refractivity contribution in [2.24, 2.45) is 5.41 Å². The average Bonchev–Trinajstić information content (AvgIpc) is 2.67. The number of rotatable bonds is 6. The van der Waals surface area contributed by atoms with Crippen molar-refractivity contribution in [3.63, 3.8) is 0 Å². The van der Waals surface area contributed by atoms with E-state index < -0.39 is 0 Å². The zero-order chi connectivity index (χ0) is 19.3. The molecule has 1 N–H and O–H groups in total. The van der Waals surface area contributed by atoms with E-state index in [1.807, 2.05) is 25.1 Å². The maximum atomic E-state index is 13.1. The number of fused-ring (bicyclic) bond motifs is 1. The highest BCUT2D eigenvalue weighted by atomic mass is 16.5. The largest absolute Gasteiger partial charge is 0.463 e. The van der Waals surface area contributed by atoms with Crippen molar-refractivity contribution in [1.82, 2.24) is 5.32 Å². The van der Waals surface area contributed by atoms with Crippen LogP contribution in [0.1, 0.15) is 76.3 Å². The summed E-state index contributed by atoms with van der Waals surface area (Å²) in [6, 6.07) is 8.16.